The lowest BCUT2D eigenvalue weighted by molar-refractivity contribution is -0.141. The lowest BCUT2D eigenvalue weighted by atomic mass is 10.3. The van der Waals surface area contributed by atoms with Gasteiger partial charge in [0, 0.05) is 19.2 Å². The molecule has 0 aromatic carbocycles. The molecule has 0 saturated carbocycles. The van der Waals surface area contributed by atoms with E-state index in [2.05, 4.69) is 9.97 Å². The average molecular weight is 291 g/mol. The lowest BCUT2D eigenvalue weighted by Gasteiger charge is -2.23. The number of nitrogen functional groups attached to an aromatic ring is 1. The molecular formula is C12H20F3N5. The summed E-state index contributed by atoms with van der Waals surface area (Å²) in [5, 5.41) is 0. The van der Waals surface area contributed by atoms with Gasteiger partial charge in [0.2, 0.25) is 5.95 Å². The van der Waals surface area contributed by atoms with E-state index >= 15 is 0 Å². The Labute approximate surface area is 116 Å². The van der Waals surface area contributed by atoms with Crippen molar-refractivity contribution in [1.82, 2.24) is 14.9 Å². The van der Waals surface area contributed by atoms with Crippen molar-refractivity contribution in [3.8, 4) is 0 Å². The zero-order chi connectivity index (χ0) is 15.3. The summed E-state index contributed by atoms with van der Waals surface area (Å²) in [6, 6.07) is 0.940. The summed E-state index contributed by atoms with van der Waals surface area (Å²) >= 11 is 0. The van der Waals surface area contributed by atoms with E-state index in [1.807, 2.05) is 25.9 Å². The maximum absolute atomic E-state index is 12.7. The molecule has 0 bridgehead atoms. The number of alkyl halides is 3. The van der Waals surface area contributed by atoms with Crippen LogP contribution in [0.15, 0.2) is 6.07 Å². The summed E-state index contributed by atoms with van der Waals surface area (Å²) < 4.78 is 38.1. The second-order valence-corrected chi connectivity index (χ2v) is 4.70. The van der Waals surface area contributed by atoms with Gasteiger partial charge < -0.3 is 15.5 Å². The van der Waals surface area contributed by atoms with Crippen molar-refractivity contribution in [2.24, 2.45) is 0 Å². The second kappa shape index (κ2) is 6.74. The number of hydrogen-bond acceptors (Lipinski definition) is 5. The summed E-state index contributed by atoms with van der Waals surface area (Å²) in [6.45, 7) is 3.88. The number of nitrogens with zero attached hydrogens (tertiary/aromatic N) is 4. The summed E-state index contributed by atoms with van der Waals surface area (Å²) in [5.41, 5.74) is 4.36. The van der Waals surface area contributed by atoms with Crippen LogP contribution in [0.5, 0.6) is 0 Å². The van der Waals surface area contributed by atoms with Gasteiger partial charge in [0.25, 0.3) is 0 Å². The molecule has 8 heteroatoms. The van der Waals surface area contributed by atoms with Crippen LogP contribution in [0.25, 0.3) is 0 Å². The Morgan fingerprint density at radius 3 is 2.35 bits per heavy atom. The smallest absolute Gasteiger partial charge is 0.368 e. The number of aromatic nitrogens is 2. The molecule has 0 unspecified atom stereocenters. The topological polar surface area (TPSA) is 58.3 Å². The summed E-state index contributed by atoms with van der Waals surface area (Å²) in [6.07, 6.45) is -3.69. The van der Waals surface area contributed by atoms with E-state index in [0.717, 1.165) is 19.0 Å². The molecule has 2 N–H and O–H groups in total. The van der Waals surface area contributed by atoms with Crippen LogP contribution < -0.4 is 10.6 Å². The van der Waals surface area contributed by atoms with Gasteiger partial charge in [-0.3, -0.25) is 0 Å². The molecule has 0 fully saturated rings. The first kappa shape index (κ1) is 16.5. The molecule has 0 saturated heterocycles. The molecule has 20 heavy (non-hydrogen) atoms. The van der Waals surface area contributed by atoms with Crippen molar-refractivity contribution in [2.45, 2.75) is 19.5 Å². The van der Waals surface area contributed by atoms with E-state index in [4.69, 9.17) is 5.73 Å². The summed E-state index contributed by atoms with van der Waals surface area (Å²) in [7, 11) is 3.89. The molecule has 0 spiro atoms. The molecule has 1 rings (SSSR count). The van der Waals surface area contributed by atoms with Gasteiger partial charge in [0.15, 0.2) is 5.69 Å². The molecule has 0 radical (unpaired) electrons. The Morgan fingerprint density at radius 1 is 1.20 bits per heavy atom. The summed E-state index contributed by atoms with van der Waals surface area (Å²) in [5.74, 6) is -0.146. The summed E-state index contributed by atoms with van der Waals surface area (Å²) in [4.78, 5) is 10.9. The van der Waals surface area contributed by atoms with Crippen LogP contribution in [-0.4, -0.2) is 48.6 Å². The maximum Gasteiger partial charge on any atom is 0.433 e. The Morgan fingerprint density at radius 2 is 1.85 bits per heavy atom. The van der Waals surface area contributed by atoms with Gasteiger partial charge in [-0.15, -0.1) is 0 Å². The minimum Gasteiger partial charge on any atom is -0.368 e. The van der Waals surface area contributed by atoms with Gasteiger partial charge in [0.05, 0.1) is 0 Å². The highest BCUT2D eigenvalue weighted by Crippen LogP contribution is 2.30. The van der Waals surface area contributed by atoms with Crippen LogP contribution in [0.2, 0.25) is 0 Å². The van der Waals surface area contributed by atoms with Gasteiger partial charge in [-0.2, -0.15) is 18.2 Å². The van der Waals surface area contributed by atoms with Crippen LogP contribution >= 0.6 is 0 Å². The Kier molecular flexibility index (Phi) is 5.55. The third kappa shape index (κ3) is 4.84. The molecule has 0 aliphatic carbocycles. The molecule has 0 aliphatic rings. The van der Waals surface area contributed by atoms with E-state index < -0.39 is 11.9 Å². The van der Waals surface area contributed by atoms with Crippen LogP contribution in [0.1, 0.15) is 19.0 Å². The first-order valence-corrected chi connectivity index (χ1v) is 6.35. The van der Waals surface area contributed by atoms with E-state index in [9.17, 15) is 13.2 Å². The van der Waals surface area contributed by atoms with E-state index in [1.54, 1.807) is 4.90 Å². The van der Waals surface area contributed by atoms with E-state index in [0.29, 0.717) is 13.1 Å². The van der Waals surface area contributed by atoms with Crippen LogP contribution in [0.4, 0.5) is 24.9 Å². The fraction of sp³-hybridized carbons (Fsp3) is 0.667. The van der Waals surface area contributed by atoms with Crippen LogP contribution in [-0.2, 0) is 6.18 Å². The molecule has 0 amide bonds. The standard InChI is InChI=1S/C12H20F3N5/c1-4-20(7-5-6-19(2)3)10-8-9(12(13,14)15)17-11(16)18-10/h8H,4-7H2,1-3H3,(H2,16,17,18). The first-order chi connectivity index (χ1) is 9.24. The molecule has 1 aromatic heterocycles. The number of hydrogen-bond donors (Lipinski definition) is 1. The average Bonchev–Trinajstić information content (AvgIpc) is 2.32. The highest BCUT2D eigenvalue weighted by molar-refractivity contribution is 5.44. The Bertz CT molecular complexity index is 434. The Balaban J connectivity index is 2.89. The number of anilines is 2. The monoisotopic (exact) mass is 291 g/mol. The molecular weight excluding hydrogens is 271 g/mol. The number of halogens is 3. The fourth-order valence-corrected chi connectivity index (χ4v) is 1.77. The minimum atomic E-state index is -4.52. The van der Waals surface area contributed by atoms with Gasteiger partial charge in [0.1, 0.15) is 5.82 Å². The van der Waals surface area contributed by atoms with Gasteiger partial charge >= 0.3 is 6.18 Å². The minimum absolute atomic E-state index is 0.214. The lowest BCUT2D eigenvalue weighted by Crippen LogP contribution is -2.28. The van der Waals surface area contributed by atoms with Crippen molar-refractivity contribution >= 4 is 11.8 Å². The number of rotatable bonds is 6. The van der Waals surface area contributed by atoms with Crippen molar-refractivity contribution in [1.29, 1.82) is 0 Å². The molecule has 0 atom stereocenters. The van der Waals surface area contributed by atoms with Crippen molar-refractivity contribution in [3.63, 3.8) is 0 Å². The largest absolute Gasteiger partial charge is 0.433 e. The molecule has 114 valence electrons. The fourth-order valence-electron chi connectivity index (χ4n) is 1.77. The van der Waals surface area contributed by atoms with Crippen LogP contribution in [0.3, 0.4) is 0 Å². The zero-order valence-corrected chi connectivity index (χ0v) is 11.9. The Hall–Kier alpha value is -1.57. The molecule has 1 heterocycles. The zero-order valence-electron chi connectivity index (χ0n) is 11.9. The third-order valence-electron chi connectivity index (χ3n) is 2.76. The van der Waals surface area contributed by atoms with Gasteiger partial charge in [-0.05, 0) is 34.0 Å². The predicted molar refractivity (Wildman–Crippen MR) is 72.5 cm³/mol. The highest BCUT2D eigenvalue weighted by Gasteiger charge is 2.33. The molecule has 5 nitrogen and oxygen atoms in total. The second-order valence-electron chi connectivity index (χ2n) is 4.70. The van der Waals surface area contributed by atoms with E-state index in [-0.39, 0.29) is 11.8 Å². The predicted octanol–water partition coefficient (Wildman–Crippen LogP) is 1.86. The van der Waals surface area contributed by atoms with Crippen LogP contribution in [0, 0.1) is 0 Å². The normalized spacial score (nSPS) is 11.9. The molecule has 1 aromatic rings. The molecule has 0 aliphatic heterocycles. The highest BCUT2D eigenvalue weighted by atomic mass is 19.4. The van der Waals surface area contributed by atoms with Crippen molar-refractivity contribution in [3.05, 3.63) is 11.8 Å². The number of nitrogens with two attached hydrogens (primary N) is 1. The quantitative estimate of drug-likeness (QED) is 0.867. The third-order valence-corrected chi connectivity index (χ3v) is 2.76. The first-order valence-electron chi connectivity index (χ1n) is 6.35. The van der Waals surface area contributed by atoms with E-state index in [1.165, 1.54) is 0 Å². The van der Waals surface area contributed by atoms with Gasteiger partial charge in [-0.1, -0.05) is 0 Å². The van der Waals surface area contributed by atoms with Crippen molar-refractivity contribution < 1.29 is 13.2 Å². The SMILES string of the molecule is CCN(CCCN(C)C)c1cc(C(F)(F)F)nc(N)n1. The maximum atomic E-state index is 12.7. The van der Waals surface area contributed by atoms with Crippen molar-refractivity contribution in [2.75, 3.05) is 44.4 Å². The van der Waals surface area contributed by atoms with Gasteiger partial charge in [-0.25, -0.2) is 4.98 Å².